The van der Waals surface area contributed by atoms with Crippen molar-refractivity contribution in [1.29, 1.82) is 5.26 Å². The van der Waals surface area contributed by atoms with Crippen molar-refractivity contribution in [3.63, 3.8) is 0 Å². The van der Waals surface area contributed by atoms with Crippen LogP contribution in [0.4, 0.5) is 5.69 Å². The quantitative estimate of drug-likeness (QED) is 0.202. The molecule has 0 fully saturated rings. The first-order chi connectivity index (χ1) is 17.0. The Morgan fingerprint density at radius 3 is 2.39 bits per heavy atom. The highest BCUT2D eigenvalue weighted by atomic mass is 35.5. The molecule has 0 spiro atoms. The summed E-state index contributed by atoms with van der Waals surface area (Å²) in [6, 6.07) is 15.7. The van der Waals surface area contributed by atoms with Crippen molar-refractivity contribution in [3.05, 3.63) is 86.9 Å². The van der Waals surface area contributed by atoms with Crippen molar-refractivity contribution in [2.45, 2.75) is 25.7 Å². The lowest BCUT2D eigenvalue weighted by Crippen LogP contribution is -2.14. The number of aryl methyl sites for hydroxylation is 2. The molecular weight excluding hydrogens is 523 g/mol. The molecule has 36 heavy (non-hydrogen) atoms. The summed E-state index contributed by atoms with van der Waals surface area (Å²) in [5.41, 5.74) is 2.63. The molecule has 186 valence electrons. The number of nitrogens with zero attached hydrogens (tertiary/aromatic N) is 1. The van der Waals surface area contributed by atoms with E-state index in [0.29, 0.717) is 16.3 Å². The van der Waals surface area contributed by atoms with Crippen LogP contribution in [0, 0.1) is 25.2 Å². The van der Waals surface area contributed by atoms with Crippen molar-refractivity contribution >= 4 is 51.0 Å². The van der Waals surface area contributed by atoms with E-state index < -0.39 is 16.0 Å². The minimum atomic E-state index is -4.24. The second-order valence-corrected chi connectivity index (χ2v) is 10.1. The molecule has 0 atom stereocenters. The van der Waals surface area contributed by atoms with Crippen LogP contribution in [0.2, 0.25) is 10.0 Å². The summed E-state index contributed by atoms with van der Waals surface area (Å²) < 4.78 is 36.3. The highest BCUT2D eigenvalue weighted by molar-refractivity contribution is 7.87. The Kier molecular flexibility index (Phi) is 8.64. The molecule has 0 aliphatic rings. The highest BCUT2D eigenvalue weighted by Gasteiger charge is 2.23. The third-order valence-corrected chi connectivity index (χ3v) is 6.70. The van der Waals surface area contributed by atoms with Crippen LogP contribution in [0.5, 0.6) is 11.5 Å². The molecule has 3 aromatic carbocycles. The topological polar surface area (TPSA) is 105 Å². The van der Waals surface area contributed by atoms with Gasteiger partial charge in [0.15, 0.2) is 5.75 Å². The van der Waals surface area contributed by atoms with Gasteiger partial charge in [0.25, 0.3) is 5.91 Å². The number of benzene rings is 3. The smallest absolute Gasteiger partial charge is 0.339 e. The van der Waals surface area contributed by atoms with Gasteiger partial charge < -0.3 is 14.2 Å². The number of nitriles is 1. The zero-order valence-corrected chi connectivity index (χ0v) is 22.0. The van der Waals surface area contributed by atoms with Crippen molar-refractivity contribution in [1.82, 2.24) is 0 Å². The van der Waals surface area contributed by atoms with Gasteiger partial charge in [0, 0.05) is 10.7 Å². The lowest BCUT2D eigenvalue weighted by molar-refractivity contribution is -0.112. The summed E-state index contributed by atoms with van der Waals surface area (Å²) in [5.74, 6) is -0.797. The molecule has 10 heteroatoms. The fourth-order valence-corrected chi connectivity index (χ4v) is 4.62. The van der Waals surface area contributed by atoms with E-state index in [1.165, 1.54) is 42.5 Å². The fraction of sp³-hybridized carbons (Fsp3) is 0.154. The Balaban J connectivity index is 1.94. The van der Waals surface area contributed by atoms with Crippen LogP contribution in [-0.2, 0) is 14.9 Å². The average Bonchev–Trinajstić information content (AvgIpc) is 2.82. The van der Waals surface area contributed by atoms with Crippen molar-refractivity contribution in [3.8, 4) is 17.6 Å². The number of amides is 1. The van der Waals surface area contributed by atoms with E-state index in [1.807, 2.05) is 32.0 Å². The molecule has 7 nitrogen and oxygen atoms in total. The van der Waals surface area contributed by atoms with Gasteiger partial charge in [-0.1, -0.05) is 40.9 Å². The van der Waals surface area contributed by atoms with Gasteiger partial charge in [0.2, 0.25) is 5.75 Å². The number of hydrogen-bond donors (Lipinski definition) is 1. The van der Waals surface area contributed by atoms with Crippen LogP contribution in [0.1, 0.15) is 23.6 Å². The fourth-order valence-electron chi connectivity index (χ4n) is 3.23. The Hall–Kier alpha value is -3.51. The third kappa shape index (κ3) is 6.58. The Morgan fingerprint density at radius 2 is 1.78 bits per heavy atom. The monoisotopic (exact) mass is 544 g/mol. The number of carbonyl (C=O) groups excluding carboxylic acids is 1. The van der Waals surface area contributed by atoms with E-state index in [0.717, 1.165) is 11.1 Å². The van der Waals surface area contributed by atoms with E-state index in [2.05, 4.69) is 5.32 Å². The summed E-state index contributed by atoms with van der Waals surface area (Å²) in [6.07, 6.45) is 1.32. The SMILES string of the molecule is CCOc1cc(/C=C(\C#N)C(=O)Nc2ccc(C)cc2C)cc(Cl)c1OS(=O)(=O)c1ccc(Cl)cc1. The molecule has 0 aromatic heterocycles. The summed E-state index contributed by atoms with van der Waals surface area (Å²) in [6.45, 7) is 5.67. The lowest BCUT2D eigenvalue weighted by Gasteiger charge is -2.14. The highest BCUT2D eigenvalue weighted by Crippen LogP contribution is 2.39. The molecule has 0 saturated carbocycles. The zero-order valence-electron chi connectivity index (χ0n) is 19.6. The normalized spacial score (nSPS) is 11.5. The first-order valence-corrected chi connectivity index (χ1v) is 12.9. The molecule has 3 aromatic rings. The maximum atomic E-state index is 12.8. The summed E-state index contributed by atoms with van der Waals surface area (Å²) in [5, 5.41) is 12.6. The first-order valence-electron chi connectivity index (χ1n) is 10.7. The number of halogens is 2. The van der Waals surface area contributed by atoms with Crippen molar-refractivity contribution in [2.24, 2.45) is 0 Å². The van der Waals surface area contributed by atoms with Crippen molar-refractivity contribution < 1.29 is 22.1 Å². The van der Waals surface area contributed by atoms with E-state index in [9.17, 15) is 18.5 Å². The molecule has 0 aliphatic carbocycles. The van der Waals surface area contributed by atoms with Gasteiger partial charge in [-0.3, -0.25) is 4.79 Å². The van der Waals surface area contributed by atoms with Crippen LogP contribution in [-0.4, -0.2) is 20.9 Å². The predicted molar refractivity (Wildman–Crippen MR) is 140 cm³/mol. The molecule has 0 saturated heterocycles. The maximum Gasteiger partial charge on any atom is 0.339 e. The number of hydrogen-bond acceptors (Lipinski definition) is 6. The van der Waals surface area contributed by atoms with Crippen LogP contribution in [0.15, 0.2) is 65.1 Å². The van der Waals surface area contributed by atoms with Gasteiger partial charge in [-0.15, -0.1) is 0 Å². The summed E-state index contributed by atoms with van der Waals surface area (Å²) >= 11 is 12.2. The van der Waals surface area contributed by atoms with Gasteiger partial charge in [0.1, 0.15) is 16.5 Å². The zero-order chi connectivity index (χ0) is 26.5. The average molecular weight is 545 g/mol. The largest absolute Gasteiger partial charge is 0.490 e. The van der Waals surface area contributed by atoms with Gasteiger partial charge in [-0.2, -0.15) is 13.7 Å². The summed E-state index contributed by atoms with van der Waals surface area (Å²) in [4.78, 5) is 12.6. The standard InChI is InChI=1S/C26H22Cl2N2O5S/c1-4-34-24-14-18(12-19(15-29)26(31)30-23-10-5-16(2)11-17(23)3)13-22(28)25(24)35-36(32,33)21-8-6-20(27)7-9-21/h5-14H,4H2,1-3H3,(H,30,31)/b19-12+. The minimum absolute atomic E-state index is 0.0286. The Bertz CT molecular complexity index is 1480. The Morgan fingerprint density at radius 1 is 1.08 bits per heavy atom. The molecule has 0 bridgehead atoms. The number of anilines is 1. The van der Waals surface area contributed by atoms with Crippen molar-refractivity contribution in [2.75, 3.05) is 11.9 Å². The van der Waals surface area contributed by atoms with Gasteiger partial charge in [-0.25, -0.2) is 0 Å². The van der Waals surface area contributed by atoms with Crippen LogP contribution in [0.25, 0.3) is 6.08 Å². The first kappa shape index (κ1) is 27.1. The minimum Gasteiger partial charge on any atom is -0.490 e. The van der Waals surface area contributed by atoms with Gasteiger partial charge in [-0.05, 0) is 80.4 Å². The molecule has 0 heterocycles. The molecular formula is C26H22Cl2N2O5S. The van der Waals surface area contributed by atoms with E-state index in [-0.39, 0.29) is 33.6 Å². The number of rotatable bonds is 8. The summed E-state index contributed by atoms with van der Waals surface area (Å²) in [7, 11) is -4.24. The Labute approximate surface area is 220 Å². The number of ether oxygens (including phenoxy) is 1. The van der Waals surface area contributed by atoms with E-state index >= 15 is 0 Å². The van der Waals surface area contributed by atoms with E-state index in [1.54, 1.807) is 13.0 Å². The second kappa shape index (κ2) is 11.5. The predicted octanol–water partition coefficient (Wildman–Crippen LogP) is 6.32. The lowest BCUT2D eigenvalue weighted by atomic mass is 10.1. The number of carbonyl (C=O) groups is 1. The van der Waals surface area contributed by atoms with Gasteiger partial charge >= 0.3 is 10.1 Å². The van der Waals surface area contributed by atoms with Crippen LogP contribution in [0.3, 0.4) is 0 Å². The molecule has 3 rings (SSSR count). The second-order valence-electron chi connectivity index (χ2n) is 7.70. The van der Waals surface area contributed by atoms with Crippen LogP contribution >= 0.6 is 23.2 Å². The third-order valence-electron chi connectivity index (χ3n) is 4.93. The van der Waals surface area contributed by atoms with Crippen LogP contribution < -0.4 is 14.2 Å². The molecule has 0 unspecified atom stereocenters. The van der Waals surface area contributed by atoms with E-state index in [4.69, 9.17) is 32.1 Å². The molecule has 1 amide bonds. The maximum absolute atomic E-state index is 12.8. The molecule has 0 aliphatic heterocycles. The van der Waals surface area contributed by atoms with Gasteiger partial charge in [0.05, 0.1) is 11.6 Å². The number of nitrogens with one attached hydrogen (secondary N) is 1. The molecule has 0 radical (unpaired) electrons. The molecule has 1 N–H and O–H groups in total.